The maximum absolute atomic E-state index is 13.3. The molecule has 0 bridgehead atoms. The molecule has 0 fully saturated rings. The molecule has 1 aromatic carbocycles. The Hall–Kier alpha value is -1.99. The number of carbonyl (C=O) groups is 1. The zero-order valence-electron chi connectivity index (χ0n) is 16.2. The molecule has 0 amide bonds. The van der Waals surface area contributed by atoms with Gasteiger partial charge in [-0.25, -0.2) is 9.18 Å². The first-order valence-corrected chi connectivity index (χ1v) is 10.9. The van der Waals surface area contributed by atoms with Gasteiger partial charge in [0.25, 0.3) is 0 Å². The molecule has 1 aliphatic carbocycles. The number of halogens is 1. The molecule has 0 aliphatic heterocycles. The number of fused-ring (bicyclic) bond motifs is 1. The minimum Gasteiger partial charge on any atom is -0.462 e. The Balaban J connectivity index is 1.86. The number of nitrogens with one attached hydrogen (secondary N) is 2. The van der Waals surface area contributed by atoms with Gasteiger partial charge in [-0.05, 0) is 81.1 Å². The second kappa shape index (κ2) is 9.47. The highest BCUT2D eigenvalue weighted by molar-refractivity contribution is 7.80. The Morgan fingerprint density at radius 1 is 1.21 bits per heavy atom. The van der Waals surface area contributed by atoms with E-state index in [1.165, 1.54) is 29.9 Å². The molecule has 0 saturated heterocycles. The third kappa shape index (κ3) is 4.89. The quantitative estimate of drug-likeness (QED) is 0.481. The predicted molar refractivity (Wildman–Crippen MR) is 117 cm³/mol. The Labute approximate surface area is 174 Å². The fourth-order valence-corrected chi connectivity index (χ4v) is 5.01. The summed E-state index contributed by atoms with van der Waals surface area (Å²) in [5, 5.41) is 7.37. The number of hydrogen-bond donors (Lipinski definition) is 2. The second-order valence-electron chi connectivity index (χ2n) is 6.88. The fourth-order valence-electron chi connectivity index (χ4n) is 3.45. The van der Waals surface area contributed by atoms with Crippen LogP contribution in [0.2, 0.25) is 0 Å². The summed E-state index contributed by atoms with van der Waals surface area (Å²) in [7, 11) is 0. The summed E-state index contributed by atoms with van der Waals surface area (Å²) in [4.78, 5) is 13.9. The van der Waals surface area contributed by atoms with Gasteiger partial charge in [0.1, 0.15) is 10.8 Å². The average molecular weight is 421 g/mol. The predicted octanol–water partition coefficient (Wildman–Crippen LogP) is 5.84. The summed E-state index contributed by atoms with van der Waals surface area (Å²) < 4.78 is 18.6. The molecule has 0 radical (unpaired) electrons. The first-order chi connectivity index (χ1) is 13.5. The number of benzene rings is 1. The van der Waals surface area contributed by atoms with Gasteiger partial charge < -0.3 is 15.4 Å². The van der Waals surface area contributed by atoms with Gasteiger partial charge in [-0.1, -0.05) is 12.8 Å². The summed E-state index contributed by atoms with van der Waals surface area (Å²) in [6.07, 6.45) is 6.48. The van der Waals surface area contributed by atoms with E-state index in [1.807, 2.05) is 13.8 Å². The number of thiocarbonyl (C=S) groups is 1. The van der Waals surface area contributed by atoms with E-state index < -0.39 is 0 Å². The first kappa shape index (κ1) is 20.7. The molecule has 1 aromatic heterocycles. The summed E-state index contributed by atoms with van der Waals surface area (Å²) >= 11 is 7.04. The molecule has 1 aliphatic rings. The minimum atomic E-state index is -0.302. The summed E-state index contributed by atoms with van der Waals surface area (Å²) in [6, 6.07) is 4.49. The van der Waals surface area contributed by atoms with Gasteiger partial charge in [0.15, 0.2) is 5.11 Å². The van der Waals surface area contributed by atoms with Crippen LogP contribution in [0.3, 0.4) is 0 Å². The second-order valence-corrected chi connectivity index (χ2v) is 8.39. The van der Waals surface area contributed by atoms with Gasteiger partial charge in [0.05, 0.1) is 12.2 Å². The lowest BCUT2D eigenvalue weighted by molar-refractivity contribution is 0.0526. The molecule has 2 N–H and O–H groups in total. The van der Waals surface area contributed by atoms with Crippen molar-refractivity contribution < 1.29 is 13.9 Å². The van der Waals surface area contributed by atoms with Gasteiger partial charge in [0.2, 0.25) is 0 Å². The molecule has 0 atom stereocenters. The number of ether oxygens (including phenoxy) is 1. The molecule has 0 unspecified atom stereocenters. The molecule has 3 rings (SSSR count). The highest BCUT2D eigenvalue weighted by Gasteiger charge is 2.25. The molecular weight excluding hydrogens is 395 g/mol. The van der Waals surface area contributed by atoms with Crippen LogP contribution in [0.5, 0.6) is 0 Å². The lowest BCUT2D eigenvalue weighted by Gasteiger charge is -2.13. The van der Waals surface area contributed by atoms with Crippen LogP contribution in [0.1, 0.15) is 59.0 Å². The van der Waals surface area contributed by atoms with Crippen molar-refractivity contribution in [3.8, 4) is 0 Å². The van der Waals surface area contributed by atoms with E-state index in [2.05, 4.69) is 10.6 Å². The topological polar surface area (TPSA) is 50.4 Å². The highest BCUT2D eigenvalue weighted by Crippen LogP contribution is 2.37. The van der Waals surface area contributed by atoms with Crippen molar-refractivity contribution in [1.82, 2.24) is 0 Å². The molecule has 0 saturated carbocycles. The Morgan fingerprint density at radius 3 is 2.68 bits per heavy atom. The standard InChI is InChI=1S/C21H25FN2O2S2/c1-3-26-20(25)18-15-8-6-4-5-7-9-17(15)28-19(18)24-21(27)23-16-11-10-14(22)12-13(16)2/h10-12H,3-9H2,1-2H3,(H2,23,24,27). The Kier molecular flexibility index (Phi) is 7.02. The molecule has 4 nitrogen and oxygen atoms in total. The molecule has 7 heteroatoms. The van der Waals surface area contributed by atoms with Crippen molar-refractivity contribution in [2.24, 2.45) is 0 Å². The largest absolute Gasteiger partial charge is 0.462 e. The van der Waals surface area contributed by atoms with Gasteiger partial charge in [-0.3, -0.25) is 0 Å². The van der Waals surface area contributed by atoms with Crippen LogP contribution in [-0.2, 0) is 17.6 Å². The van der Waals surface area contributed by atoms with Crippen molar-refractivity contribution in [3.05, 3.63) is 45.6 Å². The van der Waals surface area contributed by atoms with Gasteiger partial charge in [-0.15, -0.1) is 11.3 Å². The number of rotatable bonds is 4. The van der Waals surface area contributed by atoms with E-state index in [-0.39, 0.29) is 11.8 Å². The molecule has 2 aromatic rings. The number of carbonyl (C=O) groups excluding carboxylic acids is 1. The van der Waals surface area contributed by atoms with Crippen molar-refractivity contribution in [2.45, 2.75) is 52.4 Å². The zero-order valence-corrected chi connectivity index (χ0v) is 17.8. The van der Waals surface area contributed by atoms with Gasteiger partial charge in [0, 0.05) is 10.6 Å². The third-order valence-electron chi connectivity index (χ3n) is 4.81. The van der Waals surface area contributed by atoms with Crippen molar-refractivity contribution in [2.75, 3.05) is 17.2 Å². The smallest absolute Gasteiger partial charge is 0.341 e. The van der Waals surface area contributed by atoms with E-state index in [0.717, 1.165) is 47.5 Å². The number of anilines is 2. The van der Waals surface area contributed by atoms with Crippen LogP contribution in [0.25, 0.3) is 0 Å². The summed E-state index contributed by atoms with van der Waals surface area (Å²) in [6.45, 7) is 3.96. The highest BCUT2D eigenvalue weighted by atomic mass is 32.1. The van der Waals surface area contributed by atoms with Crippen LogP contribution in [0, 0.1) is 12.7 Å². The van der Waals surface area contributed by atoms with Crippen LogP contribution in [0.4, 0.5) is 15.1 Å². The van der Waals surface area contributed by atoms with E-state index in [9.17, 15) is 9.18 Å². The molecule has 150 valence electrons. The zero-order chi connectivity index (χ0) is 20.1. The van der Waals surface area contributed by atoms with Gasteiger partial charge in [-0.2, -0.15) is 0 Å². The van der Waals surface area contributed by atoms with E-state index in [0.29, 0.717) is 17.3 Å². The summed E-state index contributed by atoms with van der Waals surface area (Å²) in [5.74, 6) is -0.589. The average Bonchev–Trinajstić information content (AvgIpc) is 2.94. The van der Waals surface area contributed by atoms with Gasteiger partial charge >= 0.3 is 5.97 Å². The van der Waals surface area contributed by atoms with E-state index >= 15 is 0 Å². The first-order valence-electron chi connectivity index (χ1n) is 9.65. The molecule has 1 heterocycles. The number of aryl methyl sites for hydroxylation is 2. The molecular formula is C21H25FN2O2S2. The normalized spacial score (nSPS) is 13.8. The number of esters is 1. The molecule has 0 spiro atoms. The number of hydrogen-bond acceptors (Lipinski definition) is 4. The van der Waals surface area contributed by atoms with Crippen LogP contribution in [0.15, 0.2) is 18.2 Å². The fraction of sp³-hybridized carbons (Fsp3) is 0.429. The minimum absolute atomic E-state index is 0.287. The Morgan fingerprint density at radius 2 is 1.96 bits per heavy atom. The lowest BCUT2D eigenvalue weighted by Crippen LogP contribution is -2.21. The van der Waals surface area contributed by atoms with Crippen LogP contribution < -0.4 is 10.6 Å². The van der Waals surface area contributed by atoms with E-state index in [1.54, 1.807) is 17.4 Å². The van der Waals surface area contributed by atoms with Crippen LogP contribution in [-0.4, -0.2) is 17.7 Å². The SMILES string of the molecule is CCOC(=O)c1c(NC(=S)Nc2ccc(F)cc2C)sc2c1CCCCCC2. The van der Waals surface area contributed by atoms with Crippen molar-refractivity contribution in [1.29, 1.82) is 0 Å². The summed E-state index contributed by atoms with van der Waals surface area (Å²) in [5.41, 5.74) is 3.20. The maximum atomic E-state index is 13.3. The third-order valence-corrected chi connectivity index (χ3v) is 6.23. The van der Waals surface area contributed by atoms with Crippen LogP contribution >= 0.6 is 23.6 Å². The maximum Gasteiger partial charge on any atom is 0.341 e. The monoisotopic (exact) mass is 420 g/mol. The Bertz CT molecular complexity index is 880. The number of thiophene rings is 1. The van der Waals surface area contributed by atoms with Crippen molar-refractivity contribution >= 4 is 45.3 Å². The molecule has 28 heavy (non-hydrogen) atoms. The van der Waals surface area contributed by atoms with Crippen molar-refractivity contribution in [3.63, 3.8) is 0 Å². The van der Waals surface area contributed by atoms with E-state index in [4.69, 9.17) is 17.0 Å². The lowest BCUT2D eigenvalue weighted by atomic mass is 9.96.